The van der Waals surface area contributed by atoms with Crippen LogP contribution >= 0.6 is 0 Å². The van der Waals surface area contributed by atoms with Gasteiger partial charge in [0.15, 0.2) is 17.5 Å². The van der Waals surface area contributed by atoms with Crippen molar-refractivity contribution in [1.82, 2.24) is 15.1 Å². The zero-order valence-corrected chi connectivity index (χ0v) is 16.7. The van der Waals surface area contributed by atoms with Crippen molar-refractivity contribution >= 4 is 11.7 Å². The minimum atomic E-state index is -1.01. The third-order valence-electron chi connectivity index (χ3n) is 5.37. The van der Waals surface area contributed by atoms with E-state index in [1.807, 2.05) is 24.3 Å². The van der Waals surface area contributed by atoms with Crippen LogP contribution in [0, 0.1) is 11.6 Å². The molecule has 1 saturated heterocycles. The summed E-state index contributed by atoms with van der Waals surface area (Å²) in [5, 5.41) is 8.70. The summed E-state index contributed by atoms with van der Waals surface area (Å²) < 4.78 is 26.5. The molecule has 0 atom stereocenters. The number of hydrogen-bond donors (Lipinski definition) is 0. The van der Waals surface area contributed by atoms with Crippen molar-refractivity contribution in [3.8, 4) is 11.3 Å². The van der Waals surface area contributed by atoms with E-state index in [1.165, 1.54) is 11.6 Å². The third-order valence-corrected chi connectivity index (χ3v) is 5.37. The molecular formula is C23H22F2N4O. The fourth-order valence-corrected chi connectivity index (χ4v) is 3.51. The third kappa shape index (κ3) is 4.15. The van der Waals surface area contributed by atoms with Gasteiger partial charge in [0.2, 0.25) is 0 Å². The van der Waals surface area contributed by atoms with E-state index in [0.29, 0.717) is 26.2 Å². The van der Waals surface area contributed by atoms with Crippen LogP contribution in [0.25, 0.3) is 11.3 Å². The second kappa shape index (κ2) is 8.57. The molecule has 2 aromatic carbocycles. The normalized spacial score (nSPS) is 14.1. The average molecular weight is 408 g/mol. The summed E-state index contributed by atoms with van der Waals surface area (Å²) in [6, 6.07) is 15.4. The van der Waals surface area contributed by atoms with Gasteiger partial charge in [-0.15, -0.1) is 10.2 Å². The van der Waals surface area contributed by atoms with E-state index in [4.69, 9.17) is 0 Å². The average Bonchev–Trinajstić information content (AvgIpc) is 2.81. The van der Waals surface area contributed by atoms with Crippen LogP contribution in [0.3, 0.4) is 0 Å². The van der Waals surface area contributed by atoms with Crippen LogP contribution in [-0.4, -0.2) is 47.2 Å². The number of carbonyl (C=O) groups is 1. The van der Waals surface area contributed by atoms with Gasteiger partial charge in [0, 0.05) is 37.3 Å². The molecule has 1 aliphatic rings. The minimum absolute atomic E-state index is 0.153. The Morgan fingerprint density at radius 2 is 1.63 bits per heavy atom. The molecule has 1 aromatic heterocycles. The highest BCUT2D eigenvalue weighted by Gasteiger charge is 2.23. The van der Waals surface area contributed by atoms with Crippen molar-refractivity contribution in [2.75, 3.05) is 31.1 Å². The number of piperazine rings is 1. The molecule has 0 unspecified atom stereocenters. The van der Waals surface area contributed by atoms with Crippen molar-refractivity contribution in [3.63, 3.8) is 0 Å². The lowest BCUT2D eigenvalue weighted by Crippen LogP contribution is -2.49. The maximum atomic E-state index is 13.4. The van der Waals surface area contributed by atoms with Gasteiger partial charge in [0.25, 0.3) is 5.91 Å². The molecule has 1 fully saturated rings. The molecule has 154 valence electrons. The summed E-state index contributed by atoms with van der Waals surface area (Å²) in [5.41, 5.74) is 3.27. The Morgan fingerprint density at radius 3 is 2.23 bits per heavy atom. The fraction of sp³-hybridized carbons (Fsp3) is 0.261. The van der Waals surface area contributed by atoms with E-state index >= 15 is 0 Å². The number of hydrogen-bond acceptors (Lipinski definition) is 4. The van der Waals surface area contributed by atoms with E-state index in [2.05, 4.69) is 34.2 Å². The van der Waals surface area contributed by atoms with Gasteiger partial charge in [-0.2, -0.15) is 0 Å². The number of benzene rings is 2. The van der Waals surface area contributed by atoms with Crippen molar-refractivity contribution in [3.05, 3.63) is 77.4 Å². The number of aromatic nitrogens is 2. The lowest BCUT2D eigenvalue weighted by Gasteiger charge is -2.35. The summed E-state index contributed by atoms with van der Waals surface area (Å²) >= 11 is 0. The molecule has 3 aromatic rings. The van der Waals surface area contributed by atoms with Gasteiger partial charge >= 0.3 is 0 Å². The SMILES string of the molecule is CCc1ccc(-c2ccc(N3CCN(C(=O)c4ccc(F)c(F)c4)CC3)nn2)cc1. The summed E-state index contributed by atoms with van der Waals surface area (Å²) in [7, 11) is 0. The molecule has 0 N–H and O–H groups in total. The molecule has 0 saturated carbocycles. The molecule has 0 bridgehead atoms. The number of rotatable bonds is 4. The molecule has 4 rings (SSSR count). The lowest BCUT2D eigenvalue weighted by atomic mass is 10.1. The zero-order valence-electron chi connectivity index (χ0n) is 16.7. The summed E-state index contributed by atoms with van der Waals surface area (Å²) in [5.74, 6) is -1.52. The summed E-state index contributed by atoms with van der Waals surface area (Å²) in [6.45, 7) is 4.25. The Hall–Kier alpha value is -3.35. The number of carbonyl (C=O) groups excluding carboxylic acids is 1. The second-order valence-electron chi connectivity index (χ2n) is 7.24. The number of aryl methyl sites for hydroxylation is 1. The first-order valence-electron chi connectivity index (χ1n) is 9.97. The number of anilines is 1. The highest BCUT2D eigenvalue weighted by molar-refractivity contribution is 5.94. The first kappa shape index (κ1) is 19.9. The van der Waals surface area contributed by atoms with E-state index in [0.717, 1.165) is 35.6 Å². The Labute approximate surface area is 174 Å². The molecule has 30 heavy (non-hydrogen) atoms. The van der Waals surface area contributed by atoms with E-state index in [1.54, 1.807) is 4.90 Å². The Morgan fingerprint density at radius 1 is 0.900 bits per heavy atom. The van der Waals surface area contributed by atoms with Gasteiger partial charge in [-0.1, -0.05) is 31.2 Å². The Balaban J connectivity index is 1.38. The topological polar surface area (TPSA) is 49.3 Å². The molecule has 0 spiro atoms. The second-order valence-corrected chi connectivity index (χ2v) is 7.24. The molecule has 2 heterocycles. The van der Waals surface area contributed by atoms with Crippen molar-refractivity contribution < 1.29 is 13.6 Å². The first-order chi connectivity index (χ1) is 14.5. The molecule has 0 radical (unpaired) electrons. The molecule has 5 nitrogen and oxygen atoms in total. The molecule has 7 heteroatoms. The highest BCUT2D eigenvalue weighted by Crippen LogP contribution is 2.21. The van der Waals surface area contributed by atoms with Crippen molar-refractivity contribution in [2.24, 2.45) is 0 Å². The minimum Gasteiger partial charge on any atom is -0.352 e. The predicted molar refractivity (Wildman–Crippen MR) is 111 cm³/mol. The van der Waals surface area contributed by atoms with Crippen LogP contribution < -0.4 is 4.90 Å². The van der Waals surface area contributed by atoms with Crippen molar-refractivity contribution in [2.45, 2.75) is 13.3 Å². The quantitative estimate of drug-likeness (QED) is 0.656. The fourth-order valence-electron chi connectivity index (χ4n) is 3.51. The zero-order chi connectivity index (χ0) is 21.1. The van der Waals surface area contributed by atoms with E-state index < -0.39 is 11.6 Å². The number of halogens is 2. The number of amides is 1. The highest BCUT2D eigenvalue weighted by atomic mass is 19.2. The van der Waals surface area contributed by atoms with Crippen LogP contribution in [0.1, 0.15) is 22.8 Å². The predicted octanol–water partition coefficient (Wildman–Crippen LogP) is 3.95. The van der Waals surface area contributed by atoms with Gasteiger partial charge in [0.1, 0.15) is 0 Å². The van der Waals surface area contributed by atoms with Gasteiger partial charge in [-0.3, -0.25) is 4.79 Å². The van der Waals surface area contributed by atoms with E-state index in [9.17, 15) is 13.6 Å². The Bertz CT molecular complexity index is 1030. The largest absolute Gasteiger partial charge is 0.352 e. The molecule has 0 aliphatic carbocycles. The maximum absolute atomic E-state index is 13.4. The number of nitrogens with zero attached hydrogens (tertiary/aromatic N) is 4. The van der Waals surface area contributed by atoms with E-state index in [-0.39, 0.29) is 11.5 Å². The summed E-state index contributed by atoms with van der Waals surface area (Å²) in [6.07, 6.45) is 0.996. The van der Waals surface area contributed by atoms with Crippen LogP contribution in [-0.2, 0) is 6.42 Å². The van der Waals surface area contributed by atoms with Gasteiger partial charge in [-0.25, -0.2) is 8.78 Å². The smallest absolute Gasteiger partial charge is 0.254 e. The maximum Gasteiger partial charge on any atom is 0.254 e. The monoisotopic (exact) mass is 408 g/mol. The summed E-state index contributed by atoms with van der Waals surface area (Å²) in [4.78, 5) is 16.2. The van der Waals surface area contributed by atoms with Crippen molar-refractivity contribution in [1.29, 1.82) is 0 Å². The van der Waals surface area contributed by atoms with Crippen LogP contribution in [0.4, 0.5) is 14.6 Å². The van der Waals surface area contributed by atoms with Crippen LogP contribution in [0.2, 0.25) is 0 Å². The van der Waals surface area contributed by atoms with Gasteiger partial charge < -0.3 is 9.80 Å². The van der Waals surface area contributed by atoms with Gasteiger partial charge in [-0.05, 0) is 42.3 Å². The molecule has 1 aliphatic heterocycles. The molecule has 1 amide bonds. The first-order valence-corrected chi connectivity index (χ1v) is 9.97. The standard InChI is InChI=1S/C23H22F2N4O/c1-2-16-3-5-17(6-4-16)21-9-10-22(27-26-21)28-11-13-29(14-12-28)23(30)18-7-8-19(24)20(25)15-18/h3-10,15H,2,11-14H2,1H3. The molecular weight excluding hydrogens is 386 g/mol. The van der Waals surface area contributed by atoms with Crippen LogP contribution in [0.15, 0.2) is 54.6 Å². The Kier molecular flexibility index (Phi) is 5.70. The van der Waals surface area contributed by atoms with Gasteiger partial charge in [0.05, 0.1) is 5.69 Å². The van der Waals surface area contributed by atoms with Crippen LogP contribution in [0.5, 0.6) is 0 Å². The lowest BCUT2D eigenvalue weighted by molar-refractivity contribution is 0.0746.